The van der Waals surface area contributed by atoms with E-state index >= 15 is 0 Å². The zero-order chi connectivity index (χ0) is 19.0. The number of rotatable bonds is 18. The van der Waals surface area contributed by atoms with Gasteiger partial charge in [0.15, 0.2) is 0 Å². The third-order valence-corrected chi connectivity index (χ3v) is 5.22. The van der Waals surface area contributed by atoms with E-state index in [1.807, 2.05) is 0 Å². The minimum atomic E-state index is -1.53. The molecule has 4 heteroatoms. The quantitative estimate of drug-likeness (QED) is 0.290. The lowest BCUT2D eigenvalue weighted by atomic mass is 9.85. The van der Waals surface area contributed by atoms with Crippen molar-refractivity contribution >= 4 is 5.97 Å². The molecule has 0 aromatic heterocycles. The molecule has 0 heterocycles. The summed E-state index contributed by atoms with van der Waals surface area (Å²) < 4.78 is 0. The Bertz CT molecular complexity index is 315. The van der Waals surface area contributed by atoms with Gasteiger partial charge in [-0.15, -0.1) is 0 Å². The molecule has 3 N–H and O–H groups in total. The van der Waals surface area contributed by atoms with Gasteiger partial charge in [0.05, 0.1) is 18.1 Å². The van der Waals surface area contributed by atoms with E-state index in [-0.39, 0.29) is 0 Å². The first-order chi connectivity index (χ1) is 12.0. The topological polar surface area (TPSA) is 77.8 Å². The number of carbonyl (C=O) groups is 1. The highest BCUT2D eigenvalue weighted by Crippen LogP contribution is 2.24. The van der Waals surface area contributed by atoms with Crippen LogP contribution in [0.5, 0.6) is 0 Å². The summed E-state index contributed by atoms with van der Waals surface area (Å²) in [5.74, 6) is -1.90. The van der Waals surface area contributed by atoms with Crippen LogP contribution < -0.4 is 0 Å². The summed E-state index contributed by atoms with van der Waals surface area (Å²) in [6.07, 6.45) is 18.1. The second-order valence-electron chi connectivity index (χ2n) is 7.79. The summed E-state index contributed by atoms with van der Waals surface area (Å²) in [6.45, 7) is 3.14. The summed E-state index contributed by atoms with van der Waals surface area (Å²) >= 11 is 0. The molecule has 0 aliphatic rings. The highest BCUT2D eigenvalue weighted by molar-refractivity contribution is 5.71. The zero-order valence-electron chi connectivity index (χ0n) is 16.6. The lowest BCUT2D eigenvalue weighted by molar-refractivity contribution is -0.154. The van der Waals surface area contributed by atoms with E-state index in [0.29, 0.717) is 6.42 Å². The molecule has 150 valence electrons. The molecule has 0 spiro atoms. The number of aliphatic carboxylic acids is 1. The molecule has 0 bridgehead atoms. The highest BCUT2D eigenvalue weighted by Gasteiger charge is 2.36. The molecule has 0 aromatic rings. The van der Waals surface area contributed by atoms with Crippen molar-refractivity contribution in [3.8, 4) is 0 Å². The van der Waals surface area contributed by atoms with Crippen LogP contribution in [0, 0.1) is 5.92 Å². The van der Waals surface area contributed by atoms with Crippen LogP contribution in [0.15, 0.2) is 0 Å². The molecular formula is C21H42O4. The van der Waals surface area contributed by atoms with Crippen LogP contribution >= 0.6 is 0 Å². The summed E-state index contributed by atoms with van der Waals surface area (Å²) in [5, 5.41) is 28.2. The van der Waals surface area contributed by atoms with Crippen molar-refractivity contribution in [2.75, 3.05) is 6.61 Å². The van der Waals surface area contributed by atoms with E-state index in [1.54, 1.807) is 0 Å². The van der Waals surface area contributed by atoms with Crippen molar-refractivity contribution in [2.45, 2.75) is 116 Å². The second-order valence-corrected chi connectivity index (χ2v) is 7.79. The fourth-order valence-electron chi connectivity index (χ4n) is 3.35. The maximum Gasteiger partial charge on any atom is 0.309 e. The average Bonchev–Trinajstić information content (AvgIpc) is 2.57. The Balaban J connectivity index is 3.45. The van der Waals surface area contributed by atoms with Gasteiger partial charge in [-0.3, -0.25) is 4.79 Å². The van der Waals surface area contributed by atoms with E-state index in [0.717, 1.165) is 19.3 Å². The molecule has 0 aliphatic carbocycles. The van der Waals surface area contributed by atoms with Crippen molar-refractivity contribution in [1.82, 2.24) is 0 Å². The number of hydrogen-bond donors (Lipinski definition) is 3. The van der Waals surface area contributed by atoms with Gasteiger partial charge in [0.25, 0.3) is 0 Å². The number of hydrogen-bond acceptors (Lipinski definition) is 3. The van der Waals surface area contributed by atoms with Gasteiger partial charge in [-0.05, 0) is 13.3 Å². The van der Waals surface area contributed by atoms with Gasteiger partial charge in [0, 0.05) is 0 Å². The largest absolute Gasteiger partial charge is 0.481 e. The van der Waals surface area contributed by atoms with Crippen molar-refractivity contribution in [1.29, 1.82) is 0 Å². The van der Waals surface area contributed by atoms with Crippen LogP contribution in [0.3, 0.4) is 0 Å². The lowest BCUT2D eigenvalue weighted by Gasteiger charge is -2.27. The van der Waals surface area contributed by atoms with Gasteiger partial charge in [0.2, 0.25) is 0 Å². The minimum absolute atomic E-state index is 0.431. The Labute approximate surface area is 155 Å². The maximum atomic E-state index is 11.2. The number of aliphatic hydroxyl groups excluding tert-OH is 1. The van der Waals surface area contributed by atoms with Crippen LogP contribution in [0.4, 0.5) is 0 Å². The molecule has 0 aromatic carbocycles. The molecule has 0 rings (SSSR count). The predicted molar refractivity (Wildman–Crippen MR) is 104 cm³/mol. The molecule has 0 saturated heterocycles. The first kappa shape index (κ1) is 24.4. The fraction of sp³-hybridized carbons (Fsp3) is 0.952. The van der Waals surface area contributed by atoms with Crippen molar-refractivity contribution in [3.05, 3.63) is 0 Å². The van der Waals surface area contributed by atoms with Crippen LogP contribution in [0.1, 0.15) is 110 Å². The Kier molecular flexibility index (Phi) is 15.2. The minimum Gasteiger partial charge on any atom is -0.481 e. The van der Waals surface area contributed by atoms with Crippen molar-refractivity contribution < 1.29 is 20.1 Å². The van der Waals surface area contributed by atoms with E-state index in [2.05, 4.69) is 6.92 Å². The second kappa shape index (κ2) is 15.6. The third kappa shape index (κ3) is 13.3. The Morgan fingerprint density at radius 2 is 1.16 bits per heavy atom. The smallest absolute Gasteiger partial charge is 0.309 e. The number of aliphatic hydroxyl groups is 2. The predicted octanol–water partition coefficient (Wildman–Crippen LogP) is 5.30. The standard InChI is InChI=1S/C21H42O4/c1-3-4-5-6-7-8-9-10-11-12-13-14-15-16-17-19(20(23)24)21(2,25)18-22/h19,22,25H,3-18H2,1-2H3,(H,23,24). The van der Waals surface area contributed by atoms with Gasteiger partial charge in [-0.25, -0.2) is 0 Å². The molecule has 0 radical (unpaired) electrons. The number of unbranched alkanes of at least 4 members (excludes halogenated alkanes) is 13. The molecular weight excluding hydrogens is 316 g/mol. The van der Waals surface area contributed by atoms with Crippen LogP contribution in [-0.2, 0) is 4.79 Å². The molecule has 2 atom stereocenters. The summed E-state index contributed by atoms with van der Waals surface area (Å²) in [7, 11) is 0. The van der Waals surface area contributed by atoms with Crippen LogP contribution in [0.2, 0.25) is 0 Å². The van der Waals surface area contributed by atoms with Gasteiger partial charge < -0.3 is 15.3 Å². The molecule has 0 saturated carbocycles. The number of carboxylic acid groups (broad SMARTS) is 1. The SMILES string of the molecule is CCCCCCCCCCCCCCCCC(C(=O)O)C(C)(O)CO. The van der Waals surface area contributed by atoms with Crippen molar-refractivity contribution in [2.24, 2.45) is 5.92 Å². The highest BCUT2D eigenvalue weighted by atomic mass is 16.4. The maximum absolute atomic E-state index is 11.2. The molecule has 4 nitrogen and oxygen atoms in total. The van der Waals surface area contributed by atoms with E-state index < -0.39 is 24.1 Å². The zero-order valence-corrected chi connectivity index (χ0v) is 16.6. The normalized spacial score (nSPS) is 15.0. The molecule has 0 fully saturated rings. The van der Waals surface area contributed by atoms with Gasteiger partial charge >= 0.3 is 5.97 Å². The first-order valence-corrected chi connectivity index (χ1v) is 10.5. The molecule has 2 unspecified atom stereocenters. The van der Waals surface area contributed by atoms with Crippen LogP contribution in [0.25, 0.3) is 0 Å². The number of carboxylic acids is 1. The summed E-state index contributed by atoms with van der Waals surface area (Å²) in [5.41, 5.74) is -1.53. The van der Waals surface area contributed by atoms with Gasteiger partial charge in [-0.1, -0.05) is 96.8 Å². The molecule has 25 heavy (non-hydrogen) atoms. The average molecular weight is 359 g/mol. The monoisotopic (exact) mass is 358 g/mol. The molecule has 0 amide bonds. The lowest BCUT2D eigenvalue weighted by Crippen LogP contribution is -2.42. The Morgan fingerprint density at radius 3 is 1.48 bits per heavy atom. The third-order valence-electron chi connectivity index (χ3n) is 5.22. The molecule has 0 aliphatic heterocycles. The first-order valence-electron chi connectivity index (χ1n) is 10.5. The summed E-state index contributed by atoms with van der Waals surface area (Å²) in [4.78, 5) is 11.2. The van der Waals surface area contributed by atoms with Gasteiger partial charge in [0.1, 0.15) is 0 Å². The Hall–Kier alpha value is -0.610. The van der Waals surface area contributed by atoms with E-state index in [4.69, 9.17) is 5.11 Å². The summed E-state index contributed by atoms with van der Waals surface area (Å²) in [6, 6.07) is 0. The van der Waals surface area contributed by atoms with E-state index in [9.17, 15) is 15.0 Å². The Morgan fingerprint density at radius 1 is 0.800 bits per heavy atom. The van der Waals surface area contributed by atoms with Gasteiger partial charge in [-0.2, -0.15) is 0 Å². The van der Waals surface area contributed by atoms with Crippen molar-refractivity contribution in [3.63, 3.8) is 0 Å². The van der Waals surface area contributed by atoms with E-state index in [1.165, 1.54) is 77.6 Å². The fourth-order valence-corrected chi connectivity index (χ4v) is 3.35. The van der Waals surface area contributed by atoms with Crippen LogP contribution in [-0.4, -0.2) is 33.5 Å².